The second-order valence-corrected chi connectivity index (χ2v) is 10.2. The molecule has 25 heavy (non-hydrogen) atoms. The molecule has 0 saturated carbocycles. The first-order valence-electron chi connectivity index (χ1n) is 8.68. The number of phenols is 1. The van der Waals surface area contributed by atoms with Gasteiger partial charge in [0, 0.05) is 0 Å². The number of carbonyl (C=O) groups is 1. The molecule has 2 atom stereocenters. The molecule has 2 N–H and O–H groups in total. The number of carboxylic acid groups (broad SMARTS) is 1. The fraction of sp³-hybridized carbons (Fsp3) is 0.550. The summed E-state index contributed by atoms with van der Waals surface area (Å²) in [4.78, 5) is 14.0. The first kappa shape index (κ1) is 18.5. The molecule has 0 bridgehead atoms. The quantitative estimate of drug-likeness (QED) is 0.402. The zero-order chi connectivity index (χ0) is 18.4. The first-order valence-corrected chi connectivity index (χ1v) is 12.4. The summed E-state index contributed by atoms with van der Waals surface area (Å²) < 4.78 is 7.28. The summed E-state index contributed by atoms with van der Waals surface area (Å²) in [6.07, 6.45) is 4.89. The summed E-state index contributed by atoms with van der Waals surface area (Å²) in [6.45, 7) is 6.30. The number of aromatic hydroxyl groups is 1. The van der Waals surface area contributed by atoms with Crippen LogP contribution in [0.1, 0.15) is 61.0 Å². The molecule has 2 unspecified atom stereocenters. The molecule has 3 rings (SSSR count). The van der Waals surface area contributed by atoms with Crippen LogP contribution in [0.4, 0.5) is 0 Å². The van der Waals surface area contributed by atoms with Gasteiger partial charge in [-0.25, -0.2) is 0 Å². The first-order chi connectivity index (χ1) is 11.8. The van der Waals surface area contributed by atoms with Gasteiger partial charge >= 0.3 is 160 Å². The third-order valence-electron chi connectivity index (χ3n) is 5.50. The zero-order valence-corrected chi connectivity index (χ0v) is 17.4. The number of fused-ring (bicyclic) bond motifs is 3. The molecular weight excluding hydrogens is 431 g/mol. The monoisotopic (exact) mass is 457 g/mol. The average Bonchev–Trinajstić information content (AvgIpc) is 2.51. The number of aryl methyl sites for hydroxylation is 1. The van der Waals surface area contributed by atoms with Crippen molar-refractivity contribution in [3.8, 4) is 11.5 Å². The fourth-order valence-electron chi connectivity index (χ4n) is 4.24. The van der Waals surface area contributed by atoms with Crippen molar-refractivity contribution >= 4 is 5.97 Å². The molecular formula is C20H26IO4-. The van der Waals surface area contributed by atoms with E-state index in [1.54, 1.807) is 0 Å². The van der Waals surface area contributed by atoms with Crippen LogP contribution in [-0.4, -0.2) is 31.1 Å². The number of alkyl halides is 2. The summed E-state index contributed by atoms with van der Waals surface area (Å²) in [5.41, 5.74) is 2.38. The van der Waals surface area contributed by atoms with Crippen molar-refractivity contribution in [2.75, 3.05) is 9.36 Å². The Morgan fingerprint density at radius 1 is 1.44 bits per heavy atom. The summed E-state index contributed by atoms with van der Waals surface area (Å²) in [6, 6.07) is 1.87. The van der Waals surface area contributed by atoms with Crippen LogP contribution < -0.4 is 25.9 Å². The summed E-state index contributed by atoms with van der Waals surface area (Å²) in [7, 11) is 0. The normalized spacial score (nSPS) is 24.1. The van der Waals surface area contributed by atoms with Crippen molar-refractivity contribution in [2.24, 2.45) is 5.92 Å². The molecule has 0 fully saturated rings. The molecule has 1 aliphatic carbocycles. The van der Waals surface area contributed by atoms with Crippen molar-refractivity contribution in [1.29, 1.82) is 0 Å². The van der Waals surface area contributed by atoms with Crippen molar-refractivity contribution < 1.29 is 40.9 Å². The molecule has 0 radical (unpaired) electrons. The van der Waals surface area contributed by atoms with Crippen LogP contribution in [-0.2, 0) is 6.42 Å². The number of aromatic carboxylic acids is 1. The van der Waals surface area contributed by atoms with Crippen LogP contribution in [0.5, 0.6) is 11.5 Å². The van der Waals surface area contributed by atoms with Gasteiger partial charge in [0.2, 0.25) is 0 Å². The van der Waals surface area contributed by atoms with E-state index in [-0.39, 0.29) is 50.0 Å². The molecule has 2 aliphatic rings. The van der Waals surface area contributed by atoms with Gasteiger partial charge in [-0.15, -0.1) is 0 Å². The molecule has 1 aliphatic heterocycles. The standard InChI is InChI=1S/C20H26IO4/c1-11-5-6-14-13(9-11)17-15(25-20(14,2)3)10-12(7-8-21-4)16(18(17)22)19(23)24/h9-10,13-14,22H,5-8H2,1-4H3,(H,23,24)/q-1. The Bertz CT molecular complexity index is 736. The molecule has 5 heteroatoms. The Morgan fingerprint density at radius 3 is 2.80 bits per heavy atom. The van der Waals surface area contributed by atoms with Crippen molar-refractivity contribution in [1.82, 2.24) is 0 Å². The molecule has 0 amide bonds. The van der Waals surface area contributed by atoms with Gasteiger partial charge in [-0.2, -0.15) is 0 Å². The number of ether oxygens (including phenoxy) is 1. The molecule has 138 valence electrons. The van der Waals surface area contributed by atoms with Gasteiger partial charge in [0.15, 0.2) is 0 Å². The van der Waals surface area contributed by atoms with Crippen molar-refractivity contribution in [2.45, 2.75) is 51.6 Å². The maximum atomic E-state index is 11.8. The van der Waals surface area contributed by atoms with E-state index in [0.29, 0.717) is 23.3 Å². The minimum atomic E-state index is -1.05. The third kappa shape index (κ3) is 3.27. The number of carboxylic acids is 1. The van der Waals surface area contributed by atoms with Crippen molar-refractivity contribution in [3.05, 3.63) is 34.4 Å². The summed E-state index contributed by atoms with van der Waals surface area (Å²) in [5, 5.41) is 20.6. The van der Waals surface area contributed by atoms with E-state index in [9.17, 15) is 15.0 Å². The van der Waals surface area contributed by atoms with Crippen molar-refractivity contribution in [3.63, 3.8) is 0 Å². The van der Waals surface area contributed by atoms with Gasteiger partial charge in [0.05, 0.1) is 0 Å². The Balaban J connectivity index is 2.21. The number of hydrogen-bond acceptors (Lipinski definition) is 3. The Kier molecular flexibility index (Phi) is 5.06. The Hall–Kier alpha value is -1.24. The number of allylic oxidation sites excluding steroid dienone is 2. The van der Waals surface area contributed by atoms with E-state index in [4.69, 9.17) is 4.74 Å². The van der Waals surface area contributed by atoms with Gasteiger partial charge in [0.1, 0.15) is 0 Å². The minimum absolute atomic E-state index is 0.0123. The average molecular weight is 457 g/mol. The SMILES string of the molecule is C[I-]CCc1cc2c(c(O)c1C(=O)O)C1C=C(C)CCC1C(C)(C)O2. The van der Waals surface area contributed by atoms with Crippen LogP contribution in [0.25, 0.3) is 0 Å². The molecule has 1 aromatic carbocycles. The summed E-state index contributed by atoms with van der Waals surface area (Å²) in [5.74, 6) is -0.237. The second-order valence-electron chi connectivity index (χ2n) is 7.57. The second kappa shape index (κ2) is 6.82. The number of rotatable bonds is 4. The number of benzene rings is 1. The van der Waals surface area contributed by atoms with Gasteiger partial charge in [-0.1, -0.05) is 0 Å². The van der Waals surface area contributed by atoms with E-state index >= 15 is 0 Å². The van der Waals surface area contributed by atoms with Gasteiger partial charge < -0.3 is 0 Å². The third-order valence-corrected chi connectivity index (χ3v) is 7.12. The zero-order valence-electron chi connectivity index (χ0n) is 15.2. The van der Waals surface area contributed by atoms with E-state index in [1.165, 1.54) is 5.57 Å². The van der Waals surface area contributed by atoms with E-state index in [1.807, 2.05) is 6.07 Å². The molecule has 1 heterocycles. The predicted molar refractivity (Wildman–Crippen MR) is 93.5 cm³/mol. The Labute approximate surface area is 159 Å². The van der Waals surface area contributed by atoms with Crippen LogP contribution in [0, 0.1) is 5.92 Å². The number of hydrogen-bond donors (Lipinski definition) is 2. The van der Waals surface area contributed by atoms with Crippen LogP contribution in [0.3, 0.4) is 0 Å². The van der Waals surface area contributed by atoms with Gasteiger partial charge in [-0.05, 0) is 0 Å². The van der Waals surface area contributed by atoms with E-state index in [2.05, 4.69) is 31.8 Å². The Morgan fingerprint density at radius 2 is 2.16 bits per heavy atom. The van der Waals surface area contributed by atoms with Crippen LogP contribution in [0.15, 0.2) is 17.7 Å². The van der Waals surface area contributed by atoms with E-state index in [0.717, 1.165) is 17.3 Å². The number of halogens is 1. The fourth-order valence-corrected chi connectivity index (χ4v) is 5.36. The van der Waals surface area contributed by atoms with Gasteiger partial charge in [0.25, 0.3) is 0 Å². The maximum absolute atomic E-state index is 11.8. The summed E-state index contributed by atoms with van der Waals surface area (Å²) >= 11 is 0.0634. The molecule has 0 aromatic heterocycles. The molecule has 0 spiro atoms. The van der Waals surface area contributed by atoms with E-state index < -0.39 is 5.97 Å². The topological polar surface area (TPSA) is 66.8 Å². The predicted octanol–water partition coefficient (Wildman–Crippen LogP) is 0.963. The van der Waals surface area contributed by atoms with Gasteiger partial charge in [-0.3, -0.25) is 0 Å². The molecule has 1 aromatic rings. The van der Waals surface area contributed by atoms with Crippen LogP contribution >= 0.6 is 0 Å². The van der Waals surface area contributed by atoms with Crippen LogP contribution in [0.2, 0.25) is 0 Å². The molecule has 4 nitrogen and oxygen atoms in total. The molecule has 0 saturated heterocycles.